The average Bonchev–Trinajstić information content (AvgIpc) is 3.22. The van der Waals surface area contributed by atoms with Gasteiger partial charge >= 0.3 is 0 Å². The first-order valence-electron chi connectivity index (χ1n) is 9.62. The van der Waals surface area contributed by atoms with Crippen molar-refractivity contribution in [1.82, 2.24) is 4.90 Å². The van der Waals surface area contributed by atoms with Gasteiger partial charge in [-0.3, -0.25) is 4.79 Å². The largest absolute Gasteiger partial charge is 0.497 e. The molecule has 4 rings (SSSR count). The number of ether oxygens (including phenoxy) is 1. The van der Waals surface area contributed by atoms with Gasteiger partial charge in [0.1, 0.15) is 5.75 Å². The highest BCUT2D eigenvalue weighted by atomic mass is 16.5. The summed E-state index contributed by atoms with van der Waals surface area (Å²) in [7, 11) is 1.68. The molecule has 0 bridgehead atoms. The van der Waals surface area contributed by atoms with Crippen LogP contribution in [0.1, 0.15) is 29.9 Å². The van der Waals surface area contributed by atoms with Gasteiger partial charge in [-0.2, -0.15) is 0 Å². The number of benzene rings is 3. The predicted molar refractivity (Wildman–Crippen MR) is 109 cm³/mol. The maximum Gasteiger partial charge on any atom is 0.222 e. The van der Waals surface area contributed by atoms with Gasteiger partial charge in [-0.05, 0) is 46.9 Å². The summed E-state index contributed by atoms with van der Waals surface area (Å²) in [5.41, 5.74) is 2.52. The number of likely N-dealkylation sites (tertiary alicyclic amines) is 1. The third-order valence-electron chi connectivity index (χ3n) is 5.57. The van der Waals surface area contributed by atoms with Crippen LogP contribution < -0.4 is 4.74 Å². The van der Waals surface area contributed by atoms with E-state index in [1.807, 2.05) is 17.0 Å². The fourth-order valence-electron chi connectivity index (χ4n) is 3.94. The van der Waals surface area contributed by atoms with Crippen LogP contribution >= 0.6 is 0 Å². The second kappa shape index (κ2) is 7.83. The topological polar surface area (TPSA) is 29.5 Å². The standard InChI is InChI=1S/C24H25NO2/c1-27-23-11-9-20(10-12-23)22-14-15-25(17-22)24(26)13-7-18-6-8-19-4-2-3-5-21(19)16-18/h2-6,8-12,16,22H,7,13-15,17H2,1H3. The van der Waals surface area contributed by atoms with E-state index in [0.717, 1.165) is 31.7 Å². The van der Waals surface area contributed by atoms with Crippen molar-refractivity contribution >= 4 is 16.7 Å². The lowest BCUT2D eigenvalue weighted by atomic mass is 9.98. The van der Waals surface area contributed by atoms with E-state index in [1.165, 1.54) is 21.9 Å². The van der Waals surface area contributed by atoms with E-state index in [2.05, 4.69) is 54.6 Å². The summed E-state index contributed by atoms with van der Waals surface area (Å²) in [5, 5.41) is 2.48. The highest BCUT2D eigenvalue weighted by molar-refractivity contribution is 5.83. The van der Waals surface area contributed by atoms with Crippen molar-refractivity contribution < 1.29 is 9.53 Å². The molecule has 1 fully saturated rings. The van der Waals surface area contributed by atoms with Gasteiger partial charge in [0.2, 0.25) is 5.91 Å². The molecule has 3 nitrogen and oxygen atoms in total. The molecule has 0 aromatic heterocycles. The minimum atomic E-state index is 0.263. The summed E-state index contributed by atoms with van der Waals surface area (Å²) in [5.74, 6) is 1.57. The van der Waals surface area contributed by atoms with Gasteiger partial charge < -0.3 is 9.64 Å². The molecule has 0 saturated carbocycles. The molecule has 1 unspecified atom stereocenters. The van der Waals surface area contributed by atoms with Crippen molar-refractivity contribution in [3.63, 3.8) is 0 Å². The van der Waals surface area contributed by atoms with Gasteiger partial charge in [0.25, 0.3) is 0 Å². The Labute approximate surface area is 160 Å². The number of nitrogens with zero attached hydrogens (tertiary/aromatic N) is 1. The molecule has 1 amide bonds. The molecule has 0 aliphatic carbocycles. The van der Waals surface area contributed by atoms with Crippen molar-refractivity contribution in [3.05, 3.63) is 77.9 Å². The molecule has 0 spiro atoms. The zero-order chi connectivity index (χ0) is 18.6. The third-order valence-corrected chi connectivity index (χ3v) is 5.57. The highest BCUT2D eigenvalue weighted by Gasteiger charge is 2.26. The van der Waals surface area contributed by atoms with Crippen LogP contribution in [0.3, 0.4) is 0 Å². The lowest BCUT2D eigenvalue weighted by molar-refractivity contribution is -0.130. The van der Waals surface area contributed by atoms with Crippen LogP contribution in [-0.4, -0.2) is 31.0 Å². The summed E-state index contributed by atoms with van der Waals surface area (Å²) < 4.78 is 5.23. The Kier molecular flexibility index (Phi) is 5.10. The van der Waals surface area contributed by atoms with Gasteiger partial charge in [-0.1, -0.05) is 54.6 Å². The Morgan fingerprint density at radius 1 is 1.04 bits per heavy atom. The molecule has 1 aliphatic heterocycles. The smallest absolute Gasteiger partial charge is 0.222 e. The van der Waals surface area contributed by atoms with Crippen LogP contribution in [0.4, 0.5) is 0 Å². The maximum absolute atomic E-state index is 12.7. The van der Waals surface area contributed by atoms with Crippen molar-refractivity contribution in [3.8, 4) is 5.75 Å². The summed E-state index contributed by atoms with van der Waals surface area (Å²) >= 11 is 0. The molecule has 3 aromatic carbocycles. The second-order valence-corrected chi connectivity index (χ2v) is 7.28. The Balaban J connectivity index is 1.34. The maximum atomic E-state index is 12.7. The molecule has 1 atom stereocenters. The number of fused-ring (bicyclic) bond motifs is 1. The number of aryl methyl sites for hydroxylation is 1. The molecular formula is C24H25NO2. The molecule has 27 heavy (non-hydrogen) atoms. The first kappa shape index (κ1) is 17.6. The predicted octanol–water partition coefficient (Wildman–Crippen LogP) is 4.80. The number of rotatable bonds is 5. The average molecular weight is 359 g/mol. The van der Waals surface area contributed by atoms with Crippen molar-refractivity contribution in [2.24, 2.45) is 0 Å². The Hall–Kier alpha value is -2.81. The van der Waals surface area contributed by atoms with Crippen LogP contribution in [0.15, 0.2) is 66.7 Å². The molecule has 0 N–H and O–H groups in total. The van der Waals surface area contributed by atoms with Gasteiger partial charge in [0.05, 0.1) is 7.11 Å². The van der Waals surface area contributed by atoms with Gasteiger partial charge in [-0.15, -0.1) is 0 Å². The van der Waals surface area contributed by atoms with E-state index in [0.29, 0.717) is 12.3 Å². The van der Waals surface area contributed by atoms with Crippen molar-refractivity contribution in [2.75, 3.05) is 20.2 Å². The number of carbonyl (C=O) groups excluding carboxylic acids is 1. The van der Waals surface area contributed by atoms with Crippen molar-refractivity contribution in [2.45, 2.75) is 25.2 Å². The van der Waals surface area contributed by atoms with E-state index in [-0.39, 0.29) is 5.91 Å². The first-order chi connectivity index (χ1) is 13.2. The summed E-state index contributed by atoms with van der Waals surface area (Å²) in [6.07, 6.45) is 2.41. The molecular weight excluding hydrogens is 334 g/mol. The Morgan fingerprint density at radius 2 is 1.81 bits per heavy atom. The van der Waals surface area contributed by atoms with Gasteiger partial charge in [-0.25, -0.2) is 0 Å². The van der Waals surface area contributed by atoms with E-state index in [9.17, 15) is 4.79 Å². The Morgan fingerprint density at radius 3 is 2.59 bits per heavy atom. The number of amides is 1. The van der Waals surface area contributed by atoms with Crippen LogP contribution in [0.2, 0.25) is 0 Å². The Bertz CT molecular complexity index is 933. The zero-order valence-electron chi connectivity index (χ0n) is 15.7. The molecule has 1 heterocycles. The fraction of sp³-hybridized carbons (Fsp3) is 0.292. The molecule has 3 heteroatoms. The first-order valence-corrected chi connectivity index (χ1v) is 9.62. The summed E-state index contributed by atoms with van der Waals surface area (Å²) in [6.45, 7) is 1.68. The van der Waals surface area contributed by atoms with Crippen LogP contribution in [0, 0.1) is 0 Å². The van der Waals surface area contributed by atoms with Crippen molar-refractivity contribution in [1.29, 1.82) is 0 Å². The van der Waals surface area contributed by atoms with E-state index in [4.69, 9.17) is 4.74 Å². The number of hydrogen-bond acceptors (Lipinski definition) is 2. The van der Waals surface area contributed by atoms with E-state index >= 15 is 0 Å². The molecule has 1 aliphatic rings. The number of methoxy groups -OCH3 is 1. The third kappa shape index (κ3) is 3.97. The minimum absolute atomic E-state index is 0.263. The lowest BCUT2D eigenvalue weighted by Crippen LogP contribution is -2.28. The van der Waals surface area contributed by atoms with Crippen LogP contribution in [0.25, 0.3) is 10.8 Å². The molecule has 0 radical (unpaired) electrons. The lowest BCUT2D eigenvalue weighted by Gasteiger charge is -2.17. The SMILES string of the molecule is COc1ccc(C2CCN(C(=O)CCc3ccc4ccccc4c3)C2)cc1. The van der Waals surface area contributed by atoms with E-state index < -0.39 is 0 Å². The summed E-state index contributed by atoms with van der Waals surface area (Å²) in [6, 6.07) is 23.1. The van der Waals surface area contributed by atoms with Crippen LogP contribution in [0.5, 0.6) is 5.75 Å². The molecule has 3 aromatic rings. The molecule has 138 valence electrons. The monoisotopic (exact) mass is 359 g/mol. The van der Waals surface area contributed by atoms with E-state index in [1.54, 1.807) is 7.11 Å². The van der Waals surface area contributed by atoms with Crippen LogP contribution in [-0.2, 0) is 11.2 Å². The second-order valence-electron chi connectivity index (χ2n) is 7.28. The van der Waals surface area contributed by atoms with Gasteiger partial charge in [0.15, 0.2) is 0 Å². The fourth-order valence-corrected chi connectivity index (χ4v) is 3.94. The zero-order valence-corrected chi connectivity index (χ0v) is 15.7. The molecule has 1 saturated heterocycles. The number of hydrogen-bond donors (Lipinski definition) is 0. The summed E-state index contributed by atoms with van der Waals surface area (Å²) in [4.78, 5) is 14.7. The normalized spacial score (nSPS) is 16.6. The highest BCUT2D eigenvalue weighted by Crippen LogP contribution is 2.29. The minimum Gasteiger partial charge on any atom is -0.497 e. The quantitative estimate of drug-likeness (QED) is 0.655. The number of carbonyl (C=O) groups is 1. The van der Waals surface area contributed by atoms with Gasteiger partial charge in [0, 0.05) is 25.4 Å².